The molecule has 0 amide bonds. The van der Waals surface area contributed by atoms with Crippen LogP contribution in [0.4, 0.5) is 0 Å². The second-order valence-corrected chi connectivity index (χ2v) is 2.86. The molecule has 0 N–H and O–H groups in total. The molecular formula is C8H16O3S. The molecule has 0 radical (unpaired) electrons. The first-order chi connectivity index (χ1) is 5.74. The first-order valence-electron chi connectivity index (χ1n) is 4.07. The van der Waals surface area contributed by atoms with Crippen molar-refractivity contribution in [3.8, 4) is 0 Å². The molecule has 0 saturated heterocycles. The molecule has 1 atom stereocenters. The van der Waals surface area contributed by atoms with Crippen LogP contribution in [0.15, 0.2) is 0 Å². The number of thiol groups is 1. The summed E-state index contributed by atoms with van der Waals surface area (Å²) in [4.78, 5) is 10.9. The third kappa shape index (κ3) is 5.43. The highest BCUT2D eigenvalue weighted by atomic mass is 32.1. The summed E-state index contributed by atoms with van der Waals surface area (Å²) in [6, 6.07) is 0. The van der Waals surface area contributed by atoms with Crippen molar-refractivity contribution in [2.24, 2.45) is 0 Å². The molecule has 0 aromatic heterocycles. The molecule has 0 aliphatic heterocycles. The van der Waals surface area contributed by atoms with Crippen LogP contribution in [0.5, 0.6) is 0 Å². The lowest BCUT2D eigenvalue weighted by Crippen LogP contribution is -2.19. The van der Waals surface area contributed by atoms with Crippen LogP contribution in [-0.2, 0) is 14.3 Å². The fraction of sp³-hybridized carbons (Fsp3) is 0.875. The van der Waals surface area contributed by atoms with Crippen molar-refractivity contribution in [3.05, 3.63) is 0 Å². The van der Waals surface area contributed by atoms with Crippen LogP contribution < -0.4 is 0 Å². The third-order valence-corrected chi connectivity index (χ3v) is 1.59. The Morgan fingerprint density at radius 1 is 1.58 bits per heavy atom. The van der Waals surface area contributed by atoms with E-state index in [9.17, 15) is 4.79 Å². The maximum Gasteiger partial charge on any atom is 0.308 e. The number of esters is 1. The minimum atomic E-state index is -0.387. The van der Waals surface area contributed by atoms with Gasteiger partial charge in [0.05, 0.1) is 6.42 Å². The normalized spacial score (nSPS) is 12.6. The van der Waals surface area contributed by atoms with Gasteiger partial charge in [0.2, 0.25) is 6.29 Å². The van der Waals surface area contributed by atoms with E-state index in [0.717, 1.165) is 12.8 Å². The minimum absolute atomic E-state index is 0.245. The first kappa shape index (κ1) is 11.8. The van der Waals surface area contributed by atoms with Gasteiger partial charge in [-0.2, -0.15) is 12.6 Å². The Hall–Kier alpha value is -0.220. The predicted octanol–water partition coefficient (Wildman–Crippen LogP) is 1.62. The Bertz CT molecular complexity index is 127. The second kappa shape index (κ2) is 7.43. The van der Waals surface area contributed by atoms with Gasteiger partial charge in [-0.3, -0.25) is 4.79 Å². The molecule has 0 aromatic carbocycles. The van der Waals surface area contributed by atoms with Crippen LogP contribution in [-0.4, -0.2) is 25.1 Å². The van der Waals surface area contributed by atoms with E-state index in [1.54, 1.807) is 0 Å². The van der Waals surface area contributed by atoms with E-state index in [4.69, 9.17) is 9.47 Å². The van der Waals surface area contributed by atoms with E-state index in [1.165, 1.54) is 7.11 Å². The monoisotopic (exact) mass is 192 g/mol. The molecule has 0 rings (SSSR count). The number of rotatable bonds is 6. The number of hydrogen-bond donors (Lipinski definition) is 1. The Morgan fingerprint density at radius 2 is 2.25 bits per heavy atom. The Morgan fingerprint density at radius 3 is 2.67 bits per heavy atom. The molecule has 0 heterocycles. The quantitative estimate of drug-likeness (QED) is 0.394. The zero-order valence-corrected chi connectivity index (χ0v) is 8.47. The molecule has 72 valence electrons. The highest BCUT2D eigenvalue weighted by Gasteiger charge is 2.10. The van der Waals surface area contributed by atoms with Gasteiger partial charge in [-0.05, 0) is 0 Å². The summed E-state index contributed by atoms with van der Waals surface area (Å²) in [5.41, 5.74) is 0. The summed E-state index contributed by atoms with van der Waals surface area (Å²) in [6.07, 6.45) is 1.64. The summed E-state index contributed by atoms with van der Waals surface area (Å²) >= 11 is 3.92. The van der Waals surface area contributed by atoms with E-state index in [-0.39, 0.29) is 12.3 Å². The summed E-state index contributed by atoms with van der Waals surface area (Å²) < 4.78 is 9.91. The summed E-state index contributed by atoms with van der Waals surface area (Å²) in [5, 5.41) is 0. The van der Waals surface area contributed by atoms with E-state index < -0.39 is 0 Å². The van der Waals surface area contributed by atoms with Crippen molar-refractivity contribution in [1.29, 1.82) is 0 Å². The van der Waals surface area contributed by atoms with Crippen LogP contribution in [0.25, 0.3) is 0 Å². The lowest BCUT2D eigenvalue weighted by molar-refractivity contribution is -0.174. The molecule has 12 heavy (non-hydrogen) atoms. The SMILES string of the molecule is CCCC(OC)OC(=O)CCS. The summed E-state index contributed by atoms with van der Waals surface area (Å²) in [6.45, 7) is 2.01. The van der Waals surface area contributed by atoms with Crippen LogP contribution in [0.3, 0.4) is 0 Å². The number of ether oxygens (including phenoxy) is 2. The average Bonchev–Trinajstić information content (AvgIpc) is 2.04. The van der Waals surface area contributed by atoms with Crippen LogP contribution in [0.2, 0.25) is 0 Å². The van der Waals surface area contributed by atoms with Gasteiger partial charge in [0.25, 0.3) is 0 Å². The maximum absolute atomic E-state index is 10.9. The Balaban J connectivity index is 3.61. The van der Waals surface area contributed by atoms with Gasteiger partial charge in [0, 0.05) is 19.3 Å². The number of carbonyl (C=O) groups is 1. The van der Waals surface area contributed by atoms with Crippen molar-refractivity contribution in [2.45, 2.75) is 32.5 Å². The molecular weight excluding hydrogens is 176 g/mol. The maximum atomic E-state index is 10.9. The number of methoxy groups -OCH3 is 1. The molecule has 1 unspecified atom stereocenters. The van der Waals surface area contributed by atoms with Gasteiger partial charge in [-0.25, -0.2) is 0 Å². The first-order valence-corrected chi connectivity index (χ1v) is 4.71. The molecule has 0 aromatic rings. The highest BCUT2D eigenvalue weighted by Crippen LogP contribution is 2.04. The fourth-order valence-corrected chi connectivity index (χ4v) is 0.940. The van der Waals surface area contributed by atoms with Crippen LogP contribution in [0, 0.1) is 0 Å². The molecule has 0 saturated carbocycles. The van der Waals surface area contributed by atoms with Gasteiger partial charge in [0.1, 0.15) is 0 Å². The average molecular weight is 192 g/mol. The zero-order valence-electron chi connectivity index (χ0n) is 7.58. The van der Waals surface area contributed by atoms with Gasteiger partial charge in [0.15, 0.2) is 0 Å². The highest BCUT2D eigenvalue weighted by molar-refractivity contribution is 7.80. The summed E-state index contributed by atoms with van der Waals surface area (Å²) in [7, 11) is 1.54. The van der Waals surface area contributed by atoms with Crippen LogP contribution in [0.1, 0.15) is 26.2 Å². The lowest BCUT2D eigenvalue weighted by Gasteiger charge is -2.14. The lowest BCUT2D eigenvalue weighted by atomic mass is 10.3. The van der Waals surface area contributed by atoms with Crippen LogP contribution >= 0.6 is 12.6 Å². The van der Waals surface area contributed by atoms with Crippen molar-refractivity contribution in [1.82, 2.24) is 0 Å². The standard InChI is InChI=1S/C8H16O3S/c1-3-4-8(10-2)11-7(9)5-6-12/h8,12H,3-6H2,1-2H3. The topological polar surface area (TPSA) is 35.5 Å². The van der Waals surface area contributed by atoms with Gasteiger partial charge < -0.3 is 9.47 Å². The Labute approximate surface area is 78.8 Å². The van der Waals surface area contributed by atoms with E-state index in [2.05, 4.69) is 12.6 Å². The smallest absolute Gasteiger partial charge is 0.308 e. The fourth-order valence-electron chi connectivity index (χ4n) is 0.757. The third-order valence-electron chi connectivity index (χ3n) is 1.37. The zero-order chi connectivity index (χ0) is 9.40. The van der Waals surface area contributed by atoms with Gasteiger partial charge in [-0.1, -0.05) is 13.3 Å². The van der Waals surface area contributed by atoms with Crippen molar-refractivity contribution in [2.75, 3.05) is 12.9 Å². The number of carbonyl (C=O) groups excluding carboxylic acids is 1. The molecule has 0 fully saturated rings. The van der Waals surface area contributed by atoms with E-state index in [0.29, 0.717) is 12.2 Å². The summed E-state index contributed by atoms with van der Waals surface area (Å²) in [5.74, 6) is 0.270. The van der Waals surface area contributed by atoms with Gasteiger partial charge in [-0.15, -0.1) is 0 Å². The molecule has 0 aliphatic carbocycles. The van der Waals surface area contributed by atoms with Crippen molar-refractivity contribution < 1.29 is 14.3 Å². The molecule has 4 heteroatoms. The van der Waals surface area contributed by atoms with E-state index in [1.807, 2.05) is 6.92 Å². The van der Waals surface area contributed by atoms with Gasteiger partial charge >= 0.3 is 5.97 Å². The second-order valence-electron chi connectivity index (χ2n) is 2.42. The molecule has 0 aliphatic rings. The largest absolute Gasteiger partial charge is 0.436 e. The molecule has 0 spiro atoms. The number of hydrogen-bond acceptors (Lipinski definition) is 4. The Kier molecular flexibility index (Phi) is 7.29. The molecule has 3 nitrogen and oxygen atoms in total. The van der Waals surface area contributed by atoms with E-state index >= 15 is 0 Å². The molecule has 0 bridgehead atoms. The predicted molar refractivity (Wildman–Crippen MR) is 50.3 cm³/mol. The minimum Gasteiger partial charge on any atom is -0.436 e. The van der Waals surface area contributed by atoms with Crippen molar-refractivity contribution in [3.63, 3.8) is 0 Å². The van der Waals surface area contributed by atoms with Crippen molar-refractivity contribution >= 4 is 18.6 Å².